The lowest BCUT2D eigenvalue weighted by atomic mass is 9.94. The standard InChI is InChI=1S/C13H19NO3/c15-6-4-12(16)13(17)10-2-1-9-3-5-14-8-11(9)7-10/h1-2,7,12-17H,3-6,8H2. The Bertz CT molecular complexity index is 381. The SMILES string of the molecule is OCCC(O)C(O)c1ccc2c(c1)CNCC2. The van der Waals surface area contributed by atoms with Crippen LogP contribution in [0.1, 0.15) is 29.2 Å². The van der Waals surface area contributed by atoms with Crippen molar-refractivity contribution in [1.29, 1.82) is 0 Å². The van der Waals surface area contributed by atoms with Gasteiger partial charge in [0.05, 0.1) is 6.10 Å². The Morgan fingerprint density at radius 2 is 2.06 bits per heavy atom. The summed E-state index contributed by atoms with van der Waals surface area (Å²) in [5.41, 5.74) is 3.20. The number of fused-ring (bicyclic) bond motifs is 1. The van der Waals surface area contributed by atoms with Gasteiger partial charge in [0.15, 0.2) is 0 Å². The van der Waals surface area contributed by atoms with Crippen molar-refractivity contribution in [2.45, 2.75) is 31.6 Å². The largest absolute Gasteiger partial charge is 0.396 e. The van der Waals surface area contributed by atoms with Crippen LogP contribution in [0.5, 0.6) is 0 Å². The minimum Gasteiger partial charge on any atom is -0.396 e. The van der Waals surface area contributed by atoms with Gasteiger partial charge in [0.25, 0.3) is 0 Å². The highest BCUT2D eigenvalue weighted by Gasteiger charge is 2.19. The molecule has 0 spiro atoms. The molecule has 0 amide bonds. The average molecular weight is 237 g/mol. The molecule has 2 unspecified atom stereocenters. The summed E-state index contributed by atoms with van der Waals surface area (Å²) in [6, 6.07) is 5.81. The van der Waals surface area contributed by atoms with Gasteiger partial charge in [-0.05, 0) is 36.1 Å². The van der Waals surface area contributed by atoms with Crippen LogP contribution in [0.25, 0.3) is 0 Å². The summed E-state index contributed by atoms with van der Waals surface area (Å²) in [6.07, 6.45) is -0.634. The smallest absolute Gasteiger partial charge is 0.105 e. The van der Waals surface area contributed by atoms with Crippen LogP contribution in [0.4, 0.5) is 0 Å². The normalized spacial score (nSPS) is 18.5. The molecule has 1 heterocycles. The molecular formula is C13H19NO3. The fourth-order valence-electron chi connectivity index (χ4n) is 2.20. The second-order valence-electron chi connectivity index (χ2n) is 4.48. The Kier molecular flexibility index (Phi) is 4.12. The van der Waals surface area contributed by atoms with Crippen LogP contribution in [0, 0.1) is 0 Å². The van der Waals surface area contributed by atoms with Gasteiger partial charge in [-0.25, -0.2) is 0 Å². The molecule has 2 rings (SSSR count). The summed E-state index contributed by atoms with van der Waals surface area (Å²) < 4.78 is 0. The van der Waals surface area contributed by atoms with E-state index < -0.39 is 12.2 Å². The van der Waals surface area contributed by atoms with Gasteiger partial charge in [-0.1, -0.05) is 18.2 Å². The first-order valence-corrected chi connectivity index (χ1v) is 6.02. The predicted octanol–water partition coefficient (Wildman–Crippen LogP) is 0.109. The first kappa shape index (κ1) is 12.5. The summed E-state index contributed by atoms with van der Waals surface area (Å²) in [5, 5.41) is 31.6. The van der Waals surface area contributed by atoms with Crippen molar-refractivity contribution in [3.05, 3.63) is 34.9 Å². The van der Waals surface area contributed by atoms with E-state index in [1.54, 1.807) is 0 Å². The van der Waals surface area contributed by atoms with Gasteiger partial charge in [0.2, 0.25) is 0 Å². The highest BCUT2D eigenvalue weighted by Crippen LogP contribution is 2.23. The van der Waals surface area contributed by atoms with Gasteiger partial charge in [-0.15, -0.1) is 0 Å². The summed E-state index contributed by atoms with van der Waals surface area (Å²) in [5.74, 6) is 0. The monoisotopic (exact) mass is 237 g/mol. The number of nitrogens with one attached hydrogen (secondary N) is 1. The molecule has 4 nitrogen and oxygen atoms in total. The molecule has 1 aromatic rings. The third kappa shape index (κ3) is 2.84. The third-order valence-corrected chi connectivity index (χ3v) is 3.25. The molecule has 1 aliphatic heterocycles. The lowest BCUT2D eigenvalue weighted by Crippen LogP contribution is -2.25. The zero-order valence-electron chi connectivity index (χ0n) is 9.76. The number of rotatable bonds is 4. The lowest BCUT2D eigenvalue weighted by molar-refractivity contribution is 0.00416. The maximum atomic E-state index is 9.94. The Morgan fingerprint density at radius 1 is 1.24 bits per heavy atom. The van der Waals surface area contributed by atoms with Crippen molar-refractivity contribution in [1.82, 2.24) is 5.32 Å². The molecule has 4 heteroatoms. The Balaban J connectivity index is 2.15. The maximum absolute atomic E-state index is 9.94. The highest BCUT2D eigenvalue weighted by atomic mass is 16.3. The average Bonchev–Trinajstić information content (AvgIpc) is 2.37. The molecule has 0 aliphatic carbocycles. The number of hydrogen-bond donors (Lipinski definition) is 4. The summed E-state index contributed by atoms with van der Waals surface area (Å²) in [4.78, 5) is 0. The van der Waals surface area contributed by atoms with Crippen molar-refractivity contribution in [2.24, 2.45) is 0 Å². The van der Waals surface area contributed by atoms with E-state index in [1.165, 1.54) is 11.1 Å². The van der Waals surface area contributed by atoms with Gasteiger partial charge in [-0.3, -0.25) is 0 Å². The topological polar surface area (TPSA) is 72.7 Å². The molecule has 0 bridgehead atoms. The zero-order chi connectivity index (χ0) is 12.3. The molecule has 94 valence electrons. The van der Waals surface area contributed by atoms with Crippen LogP contribution in [0.15, 0.2) is 18.2 Å². The molecule has 2 atom stereocenters. The quantitative estimate of drug-likeness (QED) is 0.600. The zero-order valence-corrected chi connectivity index (χ0v) is 9.76. The lowest BCUT2D eigenvalue weighted by Gasteiger charge is -2.21. The van der Waals surface area contributed by atoms with E-state index in [-0.39, 0.29) is 13.0 Å². The second kappa shape index (κ2) is 5.60. The molecule has 1 aromatic carbocycles. The van der Waals surface area contributed by atoms with Crippen molar-refractivity contribution in [3.63, 3.8) is 0 Å². The first-order chi connectivity index (χ1) is 8.22. The van der Waals surface area contributed by atoms with E-state index in [0.717, 1.165) is 19.5 Å². The van der Waals surface area contributed by atoms with E-state index in [4.69, 9.17) is 5.11 Å². The minimum atomic E-state index is -0.922. The van der Waals surface area contributed by atoms with E-state index in [0.29, 0.717) is 5.56 Å². The number of benzene rings is 1. The van der Waals surface area contributed by atoms with Crippen molar-refractivity contribution >= 4 is 0 Å². The summed E-state index contributed by atoms with van der Waals surface area (Å²) in [6.45, 7) is 1.68. The van der Waals surface area contributed by atoms with Gasteiger partial charge < -0.3 is 20.6 Å². The van der Waals surface area contributed by atoms with Crippen LogP contribution in [0.2, 0.25) is 0 Å². The number of hydrogen-bond acceptors (Lipinski definition) is 4. The molecule has 0 fully saturated rings. The molecule has 0 saturated heterocycles. The first-order valence-electron chi connectivity index (χ1n) is 6.02. The molecular weight excluding hydrogens is 218 g/mol. The van der Waals surface area contributed by atoms with Gasteiger partial charge in [0.1, 0.15) is 6.10 Å². The molecule has 0 radical (unpaired) electrons. The summed E-state index contributed by atoms with van der Waals surface area (Å²) in [7, 11) is 0. The predicted molar refractivity (Wildman–Crippen MR) is 64.5 cm³/mol. The summed E-state index contributed by atoms with van der Waals surface area (Å²) >= 11 is 0. The Morgan fingerprint density at radius 3 is 2.82 bits per heavy atom. The Hall–Kier alpha value is -0.940. The second-order valence-corrected chi connectivity index (χ2v) is 4.48. The van der Waals surface area contributed by atoms with E-state index >= 15 is 0 Å². The molecule has 1 aliphatic rings. The van der Waals surface area contributed by atoms with Crippen LogP contribution in [-0.2, 0) is 13.0 Å². The van der Waals surface area contributed by atoms with E-state index in [2.05, 4.69) is 5.32 Å². The molecule has 0 aromatic heterocycles. The minimum absolute atomic E-state index is 0.120. The fourth-order valence-corrected chi connectivity index (χ4v) is 2.20. The Labute approximate surface area is 101 Å². The van der Waals surface area contributed by atoms with Crippen molar-refractivity contribution < 1.29 is 15.3 Å². The van der Waals surface area contributed by atoms with Crippen molar-refractivity contribution in [2.75, 3.05) is 13.2 Å². The van der Waals surface area contributed by atoms with E-state index in [9.17, 15) is 10.2 Å². The van der Waals surface area contributed by atoms with Crippen LogP contribution in [0.3, 0.4) is 0 Å². The maximum Gasteiger partial charge on any atom is 0.105 e. The van der Waals surface area contributed by atoms with E-state index in [1.807, 2.05) is 18.2 Å². The van der Waals surface area contributed by atoms with Crippen LogP contribution in [-0.4, -0.2) is 34.6 Å². The third-order valence-electron chi connectivity index (χ3n) is 3.25. The fraction of sp³-hybridized carbons (Fsp3) is 0.538. The van der Waals surface area contributed by atoms with Gasteiger partial charge in [0, 0.05) is 13.2 Å². The van der Waals surface area contributed by atoms with Gasteiger partial charge >= 0.3 is 0 Å². The molecule has 0 saturated carbocycles. The number of aliphatic hydroxyl groups excluding tert-OH is 3. The van der Waals surface area contributed by atoms with Crippen LogP contribution < -0.4 is 5.32 Å². The molecule has 17 heavy (non-hydrogen) atoms. The molecule has 4 N–H and O–H groups in total. The number of aliphatic hydroxyl groups is 3. The highest BCUT2D eigenvalue weighted by molar-refractivity contribution is 5.35. The van der Waals surface area contributed by atoms with Crippen molar-refractivity contribution in [3.8, 4) is 0 Å². The van der Waals surface area contributed by atoms with Crippen LogP contribution >= 0.6 is 0 Å². The van der Waals surface area contributed by atoms with Gasteiger partial charge in [-0.2, -0.15) is 0 Å².